The lowest BCUT2D eigenvalue weighted by Gasteiger charge is -2.13. The highest BCUT2D eigenvalue weighted by Crippen LogP contribution is 2.20. The van der Waals surface area contributed by atoms with Gasteiger partial charge in [0.15, 0.2) is 5.69 Å². The zero-order chi connectivity index (χ0) is 14.7. The van der Waals surface area contributed by atoms with Crippen LogP contribution >= 0.6 is 11.3 Å². The summed E-state index contributed by atoms with van der Waals surface area (Å²) in [6, 6.07) is 7.60. The van der Waals surface area contributed by atoms with Gasteiger partial charge in [0.05, 0.1) is 11.2 Å². The Kier molecular flexibility index (Phi) is 3.74. The number of carbonyl (C=O) groups excluding carboxylic acids is 1. The van der Waals surface area contributed by atoms with Crippen molar-refractivity contribution in [1.29, 1.82) is 0 Å². The first-order chi connectivity index (χ1) is 10.2. The van der Waals surface area contributed by atoms with Crippen LogP contribution in [0.25, 0.3) is 5.69 Å². The first-order valence-electron chi connectivity index (χ1n) is 6.28. The summed E-state index contributed by atoms with van der Waals surface area (Å²) < 4.78 is 7.04. The third-order valence-corrected chi connectivity index (χ3v) is 3.56. The number of thiazole rings is 1. The Labute approximate surface area is 125 Å². The van der Waals surface area contributed by atoms with E-state index < -0.39 is 5.97 Å². The molecule has 3 aromatic rings. The summed E-state index contributed by atoms with van der Waals surface area (Å²) in [6.07, 6.45) is 2.76. The van der Waals surface area contributed by atoms with Gasteiger partial charge < -0.3 is 4.74 Å². The van der Waals surface area contributed by atoms with E-state index >= 15 is 0 Å². The van der Waals surface area contributed by atoms with E-state index in [0.29, 0.717) is 5.69 Å². The minimum absolute atomic E-state index is 0.339. The molecule has 0 fully saturated rings. The largest absolute Gasteiger partial charge is 0.453 e. The summed E-state index contributed by atoms with van der Waals surface area (Å²) in [6.45, 7) is 1.83. The molecule has 1 aromatic carbocycles. The maximum Gasteiger partial charge on any atom is 0.358 e. The molecule has 2 aromatic heterocycles. The Morgan fingerprint density at radius 2 is 2.14 bits per heavy atom. The number of esters is 1. The second-order valence-electron chi connectivity index (χ2n) is 4.35. The molecule has 106 valence electrons. The maximum absolute atomic E-state index is 11.8. The molecule has 0 saturated heterocycles. The molecule has 0 bridgehead atoms. The maximum atomic E-state index is 11.8. The summed E-state index contributed by atoms with van der Waals surface area (Å²) in [5, 5.41) is 5.73. The highest BCUT2D eigenvalue weighted by molar-refractivity contribution is 7.07. The lowest BCUT2D eigenvalue weighted by atomic mass is 10.1. The van der Waals surface area contributed by atoms with Gasteiger partial charge in [-0.05, 0) is 24.6 Å². The molecule has 0 aliphatic rings. The zero-order valence-corrected chi connectivity index (χ0v) is 12.0. The predicted molar refractivity (Wildman–Crippen MR) is 77.3 cm³/mol. The molecule has 0 aliphatic heterocycles. The predicted octanol–water partition coefficient (Wildman–Crippen LogP) is 2.64. The molecule has 0 amide bonds. The average Bonchev–Trinajstić information content (AvgIpc) is 3.20. The molecule has 21 heavy (non-hydrogen) atoms. The third-order valence-electron chi connectivity index (χ3n) is 2.97. The van der Waals surface area contributed by atoms with Crippen molar-refractivity contribution in [3.8, 4) is 5.69 Å². The highest BCUT2D eigenvalue weighted by atomic mass is 32.1. The van der Waals surface area contributed by atoms with E-state index in [-0.39, 0.29) is 6.10 Å². The smallest absolute Gasteiger partial charge is 0.358 e. The molecule has 0 N–H and O–H groups in total. The number of benzene rings is 1. The van der Waals surface area contributed by atoms with Gasteiger partial charge in [-0.1, -0.05) is 12.1 Å². The van der Waals surface area contributed by atoms with E-state index in [0.717, 1.165) is 11.3 Å². The van der Waals surface area contributed by atoms with Crippen LogP contribution in [0, 0.1) is 0 Å². The lowest BCUT2D eigenvalue weighted by molar-refractivity contribution is 0.0332. The number of hydrogen-bond donors (Lipinski definition) is 0. The number of carbonyl (C=O) groups is 1. The molecule has 0 saturated carbocycles. The Morgan fingerprint density at radius 1 is 1.33 bits per heavy atom. The molecule has 6 nitrogen and oxygen atoms in total. The Balaban J connectivity index is 1.70. The number of hydrogen-bond acceptors (Lipinski definition) is 6. The van der Waals surface area contributed by atoms with Crippen LogP contribution in [0.5, 0.6) is 0 Å². The Hall–Kier alpha value is -2.54. The van der Waals surface area contributed by atoms with Gasteiger partial charge in [0.1, 0.15) is 18.8 Å². The van der Waals surface area contributed by atoms with Gasteiger partial charge >= 0.3 is 5.97 Å². The molecule has 2 heterocycles. The number of rotatable bonds is 4. The first kappa shape index (κ1) is 13.4. The van der Waals surface area contributed by atoms with Crippen LogP contribution in [0.1, 0.15) is 29.1 Å². The molecule has 0 spiro atoms. The normalized spacial score (nSPS) is 12.0. The van der Waals surface area contributed by atoms with Crippen molar-refractivity contribution >= 4 is 17.3 Å². The van der Waals surface area contributed by atoms with Gasteiger partial charge in [-0.3, -0.25) is 0 Å². The van der Waals surface area contributed by atoms with E-state index in [9.17, 15) is 4.79 Å². The van der Waals surface area contributed by atoms with Crippen LogP contribution in [-0.4, -0.2) is 25.7 Å². The molecule has 0 radical (unpaired) electrons. The van der Waals surface area contributed by atoms with E-state index in [1.165, 1.54) is 17.7 Å². The van der Waals surface area contributed by atoms with E-state index in [2.05, 4.69) is 15.1 Å². The summed E-state index contributed by atoms with van der Waals surface area (Å²) in [5.41, 5.74) is 3.75. The standard InChI is InChI=1S/C14H12N4O2S/c1-10(20-14(19)13-6-21-9-16-13)11-2-4-12(5-3-11)18-8-15-7-17-18/h2-10H,1H3/t10-/m1/s1. The van der Waals surface area contributed by atoms with Crippen LogP contribution in [-0.2, 0) is 4.74 Å². The lowest BCUT2D eigenvalue weighted by Crippen LogP contribution is -2.09. The van der Waals surface area contributed by atoms with Gasteiger partial charge in [-0.15, -0.1) is 11.3 Å². The van der Waals surface area contributed by atoms with Crippen molar-refractivity contribution in [3.63, 3.8) is 0 Å². The van der Waals surface area contributed by atoms with Gasteiger partial charge in [-0.2, -0.15) is 5.10 Å². The van der Waals surface area contributed by atoms with Crippen molar-refractivity contribution in [2.45, 2.75) is 13.0 Å². The molecule has 0 unspecified atom stereocenters. The molecule has 0 aliphatic carbocycles. The minimum Gasteiger partial charge on any atom is -0.453 e. The van der Waals surface area contributed by atoms with Crippen LogP contribution in [0.3, 0.4) is 0 Å². The number of aromatic nitrogens is 4. The molecular formula is C14H12N4O2S. The van der Waals surface area contributed by atoms with Crippen LogP contribution in [0.4, 0.5) is 0 Å². The van der Waals surface area contributed by atoms with Crippen molar-refractivity contribution < 1.29 is 9.53 Å². The van der Waals surface area contributed by atoms with Crippen LogP contribution < -0.4 is 0 Å². The van der Waals surface area contributed by atoms with Gasteiger partial charge in [-0.25, -0.2) is 19.4 Å². The molecule has 3 rings (SSSR count). The third kappa shape index (κ3) is 2.97. The van der Waals surface area contributed by atoms with Gasteiger partial charge in [0.2, 0.25) is 0 Å². The van der Waals surface area contributed by atoms with Gasteiger partial charge in [0.25, 0.3) is 0 Å². The molecule has 7 heteroatoms. The van der Waals surface area contributed by atoms with E-state index in [1.807, 2.05) is 31.2 Å². The quantitative estimate of drug-likeness (QED) is 0.693. The Bertz CT molecular complexity index is 708. The molecule has 1 atom stereocenters. The zero-order valence-electron chi connectivity index (χ0n) is 11.2. The topological polar surface area (TPSA) is 69.9 Å². The SMILES string of the molecule is C[C@@H](OC(=O)c1cscn1)c1ccc(-n2cncn2)cc1. The van der Waals surface area contributed by atoms with Crippen molar-refractivity contribution in [2.24, 2.45) is 0 Å². The average molecular weight is 300 g/mol. The minimum atomic E-state index is -0.413. The number of ether oxygens (including phenoxy) is 1. The van der Waals surface area contributed by atoms with Crippen LogP contribution in [0.2, 0.25) is 0 Å². The van der Waals surface area contributed by atoms with E-state index in [1.54, 1.807) is 21.9 Å². The molecular weight excluding hydrogens is 288 g/mol. The van der Waals surface area contributed by atoms with Crippen molar-refractivity contribution in [1.82, 2.24) is 19.7 Å². The van der Waals surface area contributed by atoms with Gasteiger partial charge in [0, 0.05) is 5.38 Å². The van der Waals surface area contributed by atoms with E-state index in [4.69, 9.17) is 4.74 Å². The monoisotopic (exact) mass is 300 g/mol. The summed E-state index contributed by atoms with van der Waals surface area (Å²) in [5.74, 6) is -0.413. The number of nitrogens with zero attached hydrogens (tertiary/aromatic N) is 4. The summed E-state index contributed by atoms with van der Waals surface area (Å²) >= 11 is 1.36. The second kappa shape index (κ2) is 5.84. The van der Waals surface area contributed by atoms with Crippen molar-refractivity contribution in [3.05, 3.63) is 59.1 Å². The summed E-state index contributed by atoms with van der Waals surface area (Å²) in [7, 11) is 0. The first-order valence-corrected chi connectivity index (χ1v) is 7.22. The Morgan fingerprint density at radius 3 is 2.76 bits per heavy atom. The second-order valence-corrected chi connectivity index (χ2v) is 5.07. The fraction of sp³-hybridized carbons (Fsp3) is 0.143. The van der Waals surface area contributed by atoms with Crippen LogP contribution in [0.15, 0.2) is 47.8 Å². The fourth-order valence-corrected chi connectivity index (χ4v) is 2.36. The summed E-state index contributed by atoms with van der Waals surface area (Å²) in [4.78, 5) is 19.7. The highest BCUT2D eigenvalue weighted by Gasteiger charge is 2.15. The fourth-order valence-electron chi connectivity index (χ4n) is 1.84. The van der Waals surface area contributed by atoms with Crippen molar-refractivity contribution in [2.75, 3.05) is 0 Å².